The van der Waals surface area contributed by atoms with Crippen LogP contribution < -0.4 is 4.90 Å². The van der Waals surface area contributed by atoms with Crippen LogP contribution in [0.2, 0.25) is 0 Å². The van der Waals surface area contributed by atoms with Crippen LogP contribution in [0.15, 0.2) is 24.3 Å². The van der Waals surface area contributed by atoms with Crippen molar-refractivity contribution in [2.75, 3.05) is 18.0 Å². The fourth-order valence-electron chi connectivity index (χ4n) is 3.94. The molecule has 0 N–H and O–H groups in total. The maximum absolute atomic E-state index is 12.6. The average Bonchev–Trinajstić information content (AvgIpc) is 2.99. The van der Waals surface area contributed by atoms with Gasteiger partial charge in [0, 0.05) is 38.2 Å². The predicted molar refractivity (Wildman–Crippen MR) is 91.4 cm³/mol. The Morgan fingerprint density at radius 1 is 1.17 bits per heavy atom. The number of rotatable bonds is 4. The van der Waals surface area contributed by atoms with Crippen molar-refractivity contribution in [1.82, 2.24) is 4.90 Å². The highest BCUT2D eigenvalue weighted by atomic mass is 16.2. The summed E-state index contributed by atoms with van der Waals surface area (Å²) in [5.41, 5.74) is 2.29. The summed E-state index contributed by atoms with van der Waals surface area (Å²) in [4.78, 5) is 28.4. The Labute approximate surface area is 138 Å². The second-order valence-electron chi connectivity index (χ2n) is 6.68. The predicted octanol–water partition coefficient (Wildman–Crippen LogP) is 3.15. The van der Waals surface area contributed by atoms with Crippen molar-refractivity contribution in [2.24, 2.45) is 0 Å². The molecule has 2 amide bonds. The van der Waals surface area contributed by atoms with Crippen molar-refractivity contribution in [1.29, 1.82) is 0 Å². The zero-order valence-electron chi connectivity index (χ0n) is 14.0. The zero-order valence-corrected chi connectivity index (χ0v) is 14.0. The molecule has 1 saturated carbocycles. The van der Waals surface area contributed by atoms with Gasteiger partial charge < -0.3 is 9.80 Å². The first-order valence-corrected chi connectivity index (χ1v) is 8.82. The van der Waals surface area contributed by atoms with E-state index in [1.54, 1.807) is 6.92 Å². The summed E-state index contributed by atoms with van der Waals surface area (Å²) in [5.74, 6) is 0.239. The monoisotopic (exact) mass is 314 g/mol. The molecule has 3 rings (SSSR count). The molecule has 0 bridgehead atoms. The van der Waals surface area contributed by atoms with Gasteiger partial charge in [-0.3, -0.25) is 9.59 Å². The Morgan fingerprint density at radius 3 is 2.65 bits per heavy atom. The van der Waals surface area contributed by atoms with Gasteiger partial charge in [0.2, 0.25) is 11.8 Å². The van der Waals surface area contributed by atoms with E-state index in [9.17, 15) is 9.59 Å². The summed E-state index contributed by atoms with van der Waals surface area (Å²) in [6.07, 6.45) is 7.18. The molecule has 124 valence electrons. The summed E-state index contributed by atoms with van der Waals surface area (Å²) in [6, 6.07) is 8.44. The highest BCUT2D eigenvalue weighted by Gasteiger charge is 2.27. The normalized spacial score (nSPS) is 17.9. The highest BCUT2D eigenvalue weighted by molar-refractivity contribution is 5.95. The Balaban J connectivity index is 1.60. The third kappa shape index (κ3) is 3.57. The smallest absolute Gasteiger partial charge is 0.228 e. The molecule has 0 unspecified atom stereocenters. The van der Waals surface area contributed by atoms with Crippen molar-refractivity contribution in [3.05, 3.63) is 29.8 Å². The number of amides is 2. The Hall–Kier alpha value is -1.84. The van der Waals surface area contributed by atoms with E-state index in [0.29, 0.717) is 19.0 Å². The van der Waals surface area contributed by atoms with Crippen molar-refractivity contribution < 1.29 is 9.59 Å². The first kappa shape index (κ1) is 16.0. The maximum atomic E-state index is 12.6. The Morgan fingerprint density at radius 2 is 1.91 bits per heavy atom. The number of fused-ring (bicyclic) bond motifs is 1. The minimum atomic E-state index is 0.103. The van der Waals surface area contributed by atoms with Crippen LogP contribution >= 0.6 is 0 Å². The average molecular weight is 314 g/mol. The van der Waals surface area contributed by atoms with Gasteiger partial charge in [-0.25, -0.2) is 0 Å². The lowest BCUT2D eigenvalue weighted by atomic mass is 9.94. The summed E-state index contributed by atoms with van der Waals surface area (Å²) >= 11 is 0. The van der Waals surface area contributed by atoms with Crippen LogP contribution in [-0.4, -0.2) is 35.8 Å². The fourth-order valence-corrected chi connectivity index (χ4v) is 3.94. The van der Waals surface area contributed by atoms with Crippen molar-refractivity contribution in [2.45, 2.75) is 57.9 Å². The molecule has 4 nitrogen and oxygen atoms in total. The molecule has 4 heteroatoms. The third-order valence-corrected chi connectivity index (χ3v) is 5.17. The van der Waals surface area contributed by atoms with Crippen LogP contribution in [-0.2, 0) is 16.0 Å². The van der Waals surface area contributed by atoms with Crippen LogP contribution in [0.1, 0.15) is 51.0 Å². The van der Waals surface area contributed by atoms with E-state index in [1.807, 2.05) is 28.0 Å². The summed E-state index contributed by atoms with van der Waals surface area (Å²) in [5, 5.41) is 0. The molecular weight excluding hydrogens is 288 g/mol. The van der Waals surface area contributed by atoms with Crippen LogP contribution in [0.4, 0.5) is 5.69 Å². The molecule has 0 radical (unpaired) electrons. The second kappa shape index (κ2) is 7.16. The Kier molecular flexibility index (Phi) is 4.99. The molecule has 23 heavy (non-hydrogen) atoms. The minimum absolute atomic E-state index is 0.103. The lowest BCUT2D eigenvalue weighted by Crippen LogP contribution is -2.42. The van der Waals surface area contributed by atoms with Gasteiger partial charge in [0.15, 0.2) is 0 Å². The lowest BCUT2D eigenvalue weighted by Gasteiger charge is -2.34. The molecule has 1 fully saturated rings. The number of hydrogen-bond donors (Lipinski definition) is 0. The summed E-state index contributed by atoms with van der Waals surface area (Å²) in [7, 11) is 0. The topological polar surface area (TPSA) is 40.6 Å². The first-order valence-electron chi connectivity index (χ1n) is 8.82. The minimum Gasteiger partial charge on any atom is -0.339 e. The molecule has 1 heterocycles. The standard InChI is InChI=1S/C19H26N2O2/c1-15(22)20(17-8-3-2-4-9-17)14-12-19(23)21-13-11-16-7-5-6-10-18(16)21/h5-7,10,17H,2-4,8-9,11-14H2,1H3. The highest BCUT2D eigenvalue weighted by Crippen LogP contribution is 2.28. The first-order chi connectivity index (χ1) is 11.2. The van der Waals surface area contributed by atoms with Gasteiger partial charge in [0.05, 0.1) is 0 Å². The van der Waals surface area contributed by atoms with Gasteiger partial charge in [-0.15, -0.1) is 0 Å². The number of carbonyl (C=O) groups is 2. The van der Waals surface area contributed by atoms with Crippen LogP contribution in [0.25, 0.3) is 0 Å². The maximum Gasteiger partial charge on any atom is 0.228 e. The van der Waals surface area contributed by atoms with Crippen LogP contribution in [0.5, 0.6) is 0 Å². The van der Waals surface area contributed by atoms with E-state index in [2.05, 4.69) is 6.07 Å². The van der Waals surface area contributed by atoms with E-state index in [1.165, 1.54) is 24.8 Å². The van der Waals surface area contributed by atoms with Gasteiger partial charge in [-0.2, -0.15) is 0 Å². The molecule has 1 aromatic rings. The molecule has 0 spiro atoms. The number of para-hydroxylation sites is 1. The quantitative estimate of drug-likeness (QED) is 0.856. The van der Waals surface area contributed by atoms with Crippen LogP contribution in [0.3, 0.4) is 0 Å². The van der Waals surface area contributed by atoms with Gasteiger partial charge in [-0.1, -0.05) is 37.5 Å². The molecule has 1 aliphatic carbocycles. The van der Waals surface area contributed by atoms with E-state index in [0.717, 1.165) is 31.5 Å². The molecule has 1 aromatic carbocycles. The van der Waals surface area contributed by atoms with E-state index < -0.39 is 0 Å². The van der Waals surface area contributed by atoms with Crippen molar-refractivity contribution >= 4 is 17.5 Å². The number of hydrogen-bond acceptors (Lipinski definition) is 2. The summed E-state index contributed by atoms with van der Waals surface area (Å²) in [6.45, 7) is 2.95. The number of benzene rings is 1. The zero-order chi connectivity index (χ0) is 16.2. The van der Waals surface area contributed by atoms with Gasteiger partial charge in [0.1, 0.15) is 0 Å². The van der Waals surface area contributed by atoms with Gasteiger partial charge >= 0.3 is 0 Å². The van der Waals surface area contributed by atoms with E-state index in [-0.39, 0.29) is 11.8 Å². The number of nitrogens with zero attached hydrogens (tertiary/aromatic N) is 2. The number of anilines is 1. The van der Waals surface area contributed by atoms with Gasteiger partial charge in [-0.05, 0) is 30.9 Å². The van der Waals surface area contributed by atoms with E-state index in [4.69, 9.17) is 0 Å². The van der Waals surface area contributed by atoms with Crippen molar-refractivity contribution in [3.8, 4) is 0 Å². The fraction of sp³-hybridized carbons (Fsp3) is 0.579. The van der Waals surface area contributed by atoms with Gasteiger partial charge in [0.25, 0.3) is 0 Å². The third-order valence-electron chi connectivity index (χ3n) is 5.17. The molecule has 0 atom stereocenters. The summed E-state index contributed by atoms with van der Waals surface area (Å²) < 4.78 is 0. The van der Waals surface area contributed by atoms with Crippen LogP contribution in [0, 0.1) is 0 Å². The lowest BCUT2D eigenvalue weighted by molar-refractivity contribution is -0.132. The molecule has 0 aromatic heterocycles. The second-order valence-corrected chi connectivity index (χ2v) is 6.68. The molecular formula is C19H26N2O2. The molecule has 1 aliphatic heterocycles. The number of carbonyl (C=O) groups excluding carboxylic acids is 2. The SMILES string of the molecule is CC(=O)N(CCC(=O)N1CCc2ccccc21)C1CCCCC1. The largest absolute Gasteiger partial charge is 0.339 e. The van der Waals surface area contributed by atoms with Crippen molar-refractivity contribution in [3.63, 3.8) is 0 Å². The molecule has 0 saturated heterocycles. The Bertz CT molecular complexity index is 578. The van der Waals surface area contributed by atoms with E-state index >= 15 is 0 Å². The molecule has 2 aliphatic rings.